The Balaban J connectivity index is 2.86. The summed E-state index contributed by atoms with van der Waals surface area (Å²) in [4.78, 5) is 0. The highest BCUT2D eigenvalue weighted by molar-refractivity contribution is 5.46. The van der Waals surface area contributed by atoms with Gasteiger partial charge in [-0.05, 0) is 63.4 Å². The van der Waals surface area contributed by atoms with Gasteiger partial charge in [-0.2, -0.15) is 0 Å². The largest absolute Gasteiger partial charge is 0.496 e. The summed E-state index contributed by atoms with van der Waals surface area (Å²) in [7, 11) is 1.66. The fourth-order valence-electron chi connectivity index (χ4n) is 2.63. The van der Waals surface area contributed by atoms with E-state index in [1.54, 1.807) is 7.11 Å². The molecule has 1 aromatic carbocycles. The summed E-state index contributed by atoms with van der Waals surface area (Å²) >= 11 is 0. The number of aliphatic hydroxyl groups is 1. The first-order valence-corrected chi connectivity index (χ1v) is 7.36. The van der Waals surface area contributed by atoms with E-state index in [0.29, 0.717) is 12.3 Å². The second-order valence-electron chi connectivity index (χ2n) is 6.28. The number of nitrogens with one attached hydrogen (secondary N) is 1. The monoisotopic (exact) mass is 279 g/mol. The molecule has 114 valence electrons. The average Bonchev–Trinajstić information content (AvgIpc) is 2.32. The molecule has 0 amide bonds. The summed E-state index contributed by atoms with van der Waals surface area (Å²) in [5.41, 5.74) is 2.25. The zero-order valence-electron chi connectivity index (χ0n) is 13.7. The summed E-state index contributed by atoms with van der Waals surface area (Å²) in [5, 5.41) is 14.2. The van der Waals surface area contributed by atoms with Gasteiger partial charge in [0.15, 0.2) is 0 Å². The van der Waals surface area contributed by atoms with Crippen molar-refractivity contribution in [3.63, 3.8) is 0 Å². The summed E-state index contributed by atoms with van der Waals surface area (Å²) in [5.74, 6) is 1.40. The van der Waals surface area contributed by atoms with Gasteiger partial charge in [-0.3, -0.25) is 0 Å². The SMILES string of the molecule is COc1cc(C)cc(C)c1C(C)(O)CCNCC(C)C. The maximum atomic E-state index is 10.8. The van der Waals surface area contributed by atoms with Crippen molar-refractivity contribution < 1.29 is 9.84 Å². The van der Waals surface area contributed by atoms with Gasteiger partial charge in [0, 0.05) is 5.56 Å². The van der Waals surface area contributed by atoms with Crippen LogP contribution in [0.3, 0.4) is 0 Å². The van der Waals surface area contributed by atoms with Gasteiger partial charge in [-0.1, -0.05) is 19.9 Å². The Morgan fingerprint density at radius 1 is 1.30 bits per heavy atom. The van der Waals surface area contributed by atoms with E-state index in [9.17, 15) is 5.11 Å². The highest BCUT2D eigenvalue weighted by atomic mass is 16.5. The summed E-state index contributed by atoms with van der Waals surface area (Å²) in [6.07, 6.45) is 0.667. The van der Waals surface area contributed by atoms with Crippen molar-refractivity contribution in [1.82, 2.24) is 5.32 Å². The van der Waals surface area contributed by atoms with Crippen LogP contribution in [0.25, 0.3) is 0 Å². The predicted octanol–water partition coefficient (Wildman–Crippen LogP) is 3.16. The summed E-state index contributed by atoms with van der Waals surface area (Å²) in [6.45, 7) is 12.1. The number of rotatable bonds is 7. The second kappa shape index (κ2) is 7.09. The van der Waals surface area contributed by atoms with Crippen LogP contribution in [0.1, 0.15) is 43.9 Å². The third-order valence-corrected chi connectivity index (χ3v) is 3.54. The van der Waals surface area contributed by atoms with Crippen LogP contribution >= 0.6 is 0 Å². The molecule has 0 spiro atoms. The molecule has 0 saturated heterocycles. The van der Waals surface area contributed by atoms with Gasteiger partial charge >= 0.3 is 0 Å². The molecule has 2 N–H and O–H groups in total. The minimum absolute atomic E-state index is 0.621. The van der Waals surface area contributed by atoms with Crippen LogP contribution in [0.15, 0.2) is 12.1 Å². The Morgan fingerprint density at radius 3 is 2.50 bits per heavy atom. The van der Waals surface area contributed by atoms with E-state index in [-0.39, 0.29) is 0 Å². The third kappa shape index (κ3) is 4.50. The Kier molecular flexibility index (Phi) is 6.03. The molecule has 0 bridgehead atoms. The lowest BCUT2D eigenvalue weighted by Gasteiger charge is -2.28. The molecule has 3 heteroatoms. The van der Waals surface area contributed by atoms with Crippen molar-refractivity contribution >= 4 is 0 Å². The zero-order chi connectivity index (χ0) is 15.3. The maximum absolute atomic E-state index is 10.8. The highest BCUT2D eigenvalue weighted by Gasteiger charge is 2.28. The van der Waals surface area contributed by atoms with Gasteiger partial charge < -0.3 is 15.2 Å². The van der Waals surface area contributed by atoms with E-state index in [0.717, 1.165) is 35.5 Å². The minimum atomic E-state index is -0.882. The zero-order valence-corrected chi connectivity index (χ0v) is 13.7. The van der Waals surface area contributed by atoms with Crippen LogP contribution < -0.4 is 10.1 Å². The van der Waals surface area contributed by atoms with Gasteiger partial charge in [-0.25, -0.2) is 0 Å². The van der Waals surface area contributed by atoms with Crippen LogP contribution in [-0.4, -0.2) is 25.3 Å². The quantitative estimate of drug-likeness (QED) is 0.753. The summed E-state index contributed by atoms with van der Waals surface area (Å²) in [6, 6.07) is 4.08. The van der Waals surface area contributed by atoms with Gasteiger partial charge in [0.25, 0.3) is 0 Å². The molecule has 0 heterocycles. The van der Waals surface area contributed by atoms with Crippen molar-refractivity contribution in [2.75, 3.05) is 20.2 Å². The molecule has 20 heavy (non-hydrogen) atoms. The fraction of sp³-hybridized carbons (Fsp3) is 0.647. The second-order valence-corrected chi connectivity index (χ2v) is 6.28. The predicted molar refractivity (Wildman–Crippen MR) is 84.4 cm³/mol. The third-order valence-electron chi connectivity index (χ3n) is 3.54. The number of benzene rings is 1. The van der Waals surface area contributed by atoms with E-state index in [1.165, 1.54) is 0 Å². The summed E-state index contributed by atoms with van der Waals surface area (Å²) < 4.78 is 5.46. The highest BCUT2D eigenvalue weighted by Crippen LogP contribution is 2.35. The maximum Gasteiger partial charge on any atom is 0.125 e. The standard InChI is InChI=1S/C17H29NO2/c1-12(2)11-18-8-7-17(5,19)16-14(4)9-13(3)10-15(16)20-6/h9-10,12,18-19H,7-8,11H2,1-6H3. The van der Waals surface area contributed by atoms with Crippen LogP contribution in [0, 0.1) is 19.8 Å². The molecular formula is C17H29NO2. The van der Waals surface area contributed by atoms with Crippen molar-refractivity contribution in [2.45, 2.75) is 46.6 Å². The van der Waals surface area contributed by atoms with E-state index in [2.05, 4.69) is 25.2 Å². The van der Waals surface area contributed by atoms with Crippen molar-refractivity contribution in [1.29, 1.82) is 0 Å². The van der Waals surface area contributed by atoms with E-state index < -0.39 is 5.60 Å². The fourth-order valence-corrected chi connectivity index (χ4v) is 2.63. The first kappa shape index (κ1) is 17.0. The lowest BCUT2D eigenvalue weighted by molar-refractivity contribution is 0.0447. The lowest BCUT2D eigenvalue weighted by Crippen LogP contribution is -2.30. The van der Waals surface area contributed by atoms with Crippen LogP contribution in [0.2, 0.25) is 0 Å². The molecule has 1 rings (SSSR count). The van der Waals surface area contributed by atoms with Crippen LogP contribution in [0.5, 0.6) is 5.75 Å². The minimum Gasteiger partial charge on any atom is -0.496 e. The number of aryl methyl sites for hydroxylation is 2. The molecule has 1 atom stereocenters. The van der Waals surface area contributed by atoms with Crippen LogP contribution in [0.4, 0.5) is 0 Å². The number of hydrogen-bond donors (Lipinski definition) is 2. The molecule has 0 radical (unpaired) electrons. The molecule has 1 unspecified atom stereocenters. The van der Waals surface area contributed by atoms with Crippen molar-refractivity contribution in [3.05, 3.63) is 28.8 Å². The Hall–Kier alpha value is -1.06. The molecule has 0 fully saturated rings. The molecule has 1 aromatic rings. The molecule has 3 nitrogen and oxygen atoms in total. The molecule has 0 saturated carbocycles. The number of ether oxygens (including phenoxy) is 1. The van der Waals surface area contributed by atoms with Gasteiger partial charge in [0.05, 0.1) is 12.7 Å². The molecule has 0 aliphatic carbocycles. The smallest absolute Gasteiger partial charge is 0.125 e. The van der Waals surface area contributed by atoms with Crippen LogP contribution in [-0.2, 0) is 5.60 Å². The Labute approximate surface area is 123 Å². The van der Waals surface area contributed by atoms with Gasteiger partial charge in [0.2, 0.25) is 0 Å². The topological polar surface area (TPSA) is 41.5 Å². The molecule has 0 aliphatic heterocycles. The van der Waals surface area contributed by atoms with E-state index >= 15 is 0 Å². The van der Waals surface area contributed by atoms with Crippen molar-refractivity contribution in [2.24, 2.45) is 5.92 Å². The number of hydrogen-bond acceptors (Lipinski definition) is 3. The first-order valence-electron chi connectivity index (χ1n) is 7.36. The van der Waals surface area contributed by atoms with E-state index in [1.807, 2.05) is 26.8 Å². The van der Waals surface area contributed by atoms with Crippen molar-refractivity contribution in [3.8, 4) is 5.75 Å². The average molecular weight is 279 g/mol. The Morgan fingerprint density at radius 2 is 1.95 bits per heavy atom. The van der Waals surface area contributed by atoms with Gasteiger partial charge in [0.1, 0.15) is 5.75 Å². The first-order chi connectivity index (χ1) is 9.27. The molecular weight excluding hydrogens is 250 g/mol. The molecule has 0 aliphatic rings. The normalized spacial score (nSPS) is 14.4. The van der Waals surface area contributed by atoms with Gasteiger partial charge in [-0.15, -0.1) is 0 Å². The lowest BCUT2D eigenvalue weighted by atomic mass is 9.87. The Bertz CT molecular complexity index is 439. The molecule has 0 aromatic heterocycles. The number of methoxy groups -OCH3 is 1. The van der Waals surface area contributed by atoms with E-state index in [4.69, 9.17) is 4.74 Å².